The van der Waals surface area contributed by atoms with E-state index in [4.69, 9.17) is 12.2 Å². The molecule has 6 heteroatoms. The number of rotatable bonds is 4. The Morgan fingerprint density at radius 1 is 1.17 bits per heavy atom. The molecule has 1 saturated heterocycles. The molecule has 0 aliphatic carbocycles. The van der Waals surface area contributed by atoms with E-state index in [9.17, 15) is 9.59 Å². The van der Waals surface area contributed by atoms with E-state index >= 15 is 0 Å². The van der Waals surface area contributed by atoms with E-state index in [0.29, 0.717) is 17.6 Å². The van der Waals surface area contributed by atoms with Crippen LogP contribution in [0.3, 0.4) is 0 Å². The molecule has 1 N–H and O–H groups in total. The van der Waals surface area contributed by atoms with Crippen LogP contribution in [-0.4, -0.2) is 28.5 Å². The zero-order valence-corrected chi connectivity index (χ0v) is 22.5. The van der Waals surface area contributed by atoms with Crippen molar-refractivity contribution in [3.63, 3.8) is 0 Å². The van der Waals surface area contributed by atoms with Gasteiger partial charge in [-0.1, -0.05) is 26.0 Å². The molecule has 0 aromatic heterocycles. The Balaban J connectivity index is 1.77. The monoisotopic (exact) mass is 489 g/mol. The summed E-state index contributed by atoms with van der Waals surface area (Å²) in [4.78, 5) is 30.3. The van der Waals surface area contributed by atoms with Crippen LogP contribution in [0.15, 0.2) is 42.0 Å². The molecule has 184 valence electrons. The van der Waals surface area contributed by atoms with Crippen molar-refractivity contribution in [2.75, 3.05) is 9.80 Å². The van der Waals surface area contributed by atoms with Crippen molar-refractivity contribution in [2.45, 2.75) is 78.8 Å². The molecule has 0 spiro atoms. The maximum Gasteiger partial charge on any atom is 0.270 e. The molecule has 4 rings (SSSR count). The van der Waals surface area contributed by atoms with Crippen molar-refractivity contribution in [2.24, 2.45) is 0 Å². The number of aryl methyl sites for hydroxylation is 2. The molecule has 35 heavy (non-hydrogen) atoms. The Hall–Kier alpha value is -2.99. The highest BCUT2D eigenvalue weighted by molar-refractivity contribution is 7.80. The van der Waals surface area contributed by atoms with Crippen LogP contribution in [0, 0.1) is 6.92 Å². The third-order valence-corrected chi connectivity index (χ3v) is 7.47. The summed E-state index contributed by atoms with van der Waals surface area (Å²) in [5.74, 6) is -0.501. The van der Waals surface area contributed by atoms with E-state index in [1.165, 1.54) is 21.7 Å². The first-order valence-electron chi connectivity index (χ1n) is 12.4. The fraction of sp³-hybridized carbons (Fsp3) is 0.414. The number of anilines is 2. The third kappa shape index (κ3) is 4.52. The molecule has 2 aliphatic rings. The van der Waals surface area contributed by atoms with Crippen LogP contribution in [-0.2, 0) is 16.0 Å². The highest BCUT2D eigenvalue weighted by Crippen LogP contribution is 2.45. The lowest BCUT2D eigenvalue weighted by atomic mass is 9.78. The molecular weight excluding hydrogens is 454 g/mol. The van der Waals surface area contributed by atoms with Crippen molar-refractivity contribution < 1.29 is 9.59 Å². The number of thiocarbonyl (C=S) groups is 1. The van der Waals surface area contributed by atoms with Crippen LogP contribution in [0.25, 0.3) is 6.08 Å². The zero-order valence-electron chi connectivity index (χ0n) is 21.7. The van der Waals surface area contributed by atoms with Gasteiger partial charge in [-0.15, -0.1) is 0 Å². The van der Waals surface area contributed by atoms with Crippen molar-refractivity contribution in [3.8, 4) is 0 Å². The molecule has 2 heterocycles. The minimum atomic E-state index is -0.462. The highest BCUT2D eigenvalue weighted by Gasteiger charge is 2.38. The van der Waals surface area contributed by atoms with Gasteiger partial charge in [0.15, 0.2) is 5.11 Å². The summed E-state index contributed by atoms with van der Waals surface area (Å²) in [7, 11) is 0. The van der Waals surface area contributed by atoms with Gasteiger partial charge in [0.1, 0.15) is 5.57 Å². The average Bonchev–Trinajstić information content (AvgIpc) is 2.76. The van der Waals surface area contributed by atoms with Gasteiger partial charge in [-0.3, -0.25) is 19.8 Å². The van der Waals surface area contributed by atoms with Gasteiger partial charge < -0.3 is 4.90 Å². The van der Waals surface area contributed by atoms with Gasteiger partial charge in [0.25, 0.3) is 11.8 Å². The van der Waals surface area contributed by atoms with Crippen LogP contribution in [0.1, 0.15) is 76.1 Å². The Labute approximate surface area is 214 Å². The van der Waals surface area contributed by atoms with Crippen LogP contribution in [0.4, 0.5) is 11.4 Å². The van der Waals surface area contributed by atoms with Crippen LogP contribution in [0.5, 0.6) is 0 Å². The summed E-state index contributed by atoms with van der Waals surface area (Å²) >= 11 is 5.36. The lowest BCUT2D eigenvalue weighted by Crippen LogP contribution is -2.54. The van der Waals surface area contributed by atoms with Gasteiger partial charge in [0.2, 0.25) is 0 Å². The van der Waals surface area contributed by atoms with Gasteiger partial charge >= 0.3 is 0 Å². The fourth-order valence-corrected chi connectivity index (χ4v) is 5.96. The molecule has 0 radical (unpaired) electrons. The summed E-state index contributed by atoms with van der Waals surface area (Å²) in [5, 5.41) is 2.81. The van der Waals surface area contributed by atoms with Gasteiger partial charge in [-0.05, 0) is 118 Å². The average molecular weight is 490 g/mol. The molecule has 1 atom stereocenters. The first kappa shape index (κ1) is 25.1. The first-order chi connectivity index (χ1) is 16.4. The highest BCUT2D eigenvalue weighted by atomic mass is 32.1. The quantitative estimate of drug-likeness (QED) is 0.331. The number of nitrogens with zero attached hydrogens (tertiary/aromatic N) is 2. The summed E-state index contributed by atoms with van der Waals surface area (Å²) in [5.41, 5.74) is 6.35. The second-order valence-corrected chi connectivity index (χ2v) is 11.0. The number of nitrogens with one attached hydrogen (secondary N) is 1. The topological polar surface area (TPSA) is 52.7 Å². The maximum absolute atomic E-state index is 13.5. The summed E-state index contributed by atoms with van der Waals surface area (Å²) < 4.78 is 0. The van der Waals surface area contributed by atoms with E-state index in [2.05, 4.69) is 63.9 Å². The molecule has 5 nitrogen and oxygen atoms in total. The lowest BCUT2D eigenvalue weighted by Gasteiger charge is -2.50. The van der Waals surface area contributed by atoms with Gasteiger partial charge in [0.05, 0.1) is 5.69 Å². The van der Waals surface area contributed by atoms with Crippen molar-refractivity contribution in [1.82, 2.24) is 5.32 Å². The van der Waals surface area contributed by atoms with Crippen LogP contribution < -0.4 is 15.1 Å². The van der Waals surface area contributed by atoms with Crippen molar-refractivity contribution in [3.05, 3.63) is 64.2 Å². The second kappa shape index (κ2) is 9.23. The van der Waals surface area contributed by atoms with E-state index < -0.39 is 11.8 Å². The molecule has 2 aromatic rings. The number of fused-ring (bicyclic) bond motifs is 1. The van der Waals surface area contributed by atoms with Crippen molar-refractivity contribution in [1.29, 1.82) is 0 Å². The largest absolute Gasteiger partial charge is 0.364 e. The fourth-order valence-electron chi connectivity index (χ4n) is 5.67. The molecule has 0 saturated carbocycles. The van der Waals surface area contributed by atoms with Gasteiger partial charge in [-0.2, -0.15) is 0 Å². The zero-order chi connectivity index (χ0) is 25.7. The summed E-state index contributed by atoms with van der Waals surface area (Å²) in [6.45, 7) is 15.4. The van der Waals surface area contributed by atoms with E-state index in [1.807, 2.05) is 31.2 Å². The number of hydrogen-bond donors (Lipinski definition) is 1. The van der Waals surface area contributed by atoms with E-state index in [1.54, 1.807) is 6.08 Å². The standard InChI is InChI=1S/C29H35N3O2S/c1-8-20-9-11-22(12-10-20)31-27(34)24(26(33)30-28(31)35)15-21-14-23-19(5)16-29(6,7)32(17(2)3)25(23)13-18(21)4/h9-15,17,19H,8,16H2,1-7H3,(H,30,33,35)/b24-15+/t19-/m0/s1. The SMILES string of the molecule is CCc1ccc(N2C(=O)/C(=C/c3cc4c(cc3C)N(C(C)C)C(C)(C)C[C@@H]4C)C(=O)NC2=S)cc1. The Morgan fingerprint density at radius 3 is 2.43 bits per heavy atom. The van der Waals surface area contributed by atoms with Gasteiger partial charge in [0, 0.05) is 17.3 Å². The molecule has 0 bridgehead atoms. The predicted octanol–water partition coefficient (Wildman–Crippen LogP) is 5.89. The lowest BCUT2D eigenvalue weighted by molar-refractivity contribution is -0.122. The molecule has 0 unspecified atom stereocenters. The number of amides is 2. The molecule has 2 amide bonds. The minimum absolute atomic E-state index is 0.0513. The van der Waals surface area contributed by atoms with E-state index in [-0.39, 0.29) is 16.2 Å². The Morgan fingerprint density at radius 2 is 1.83 bits per heavy atom. The second-order valence-electron chi connectivity index (χ2n) is 10.6. The van der Waals surface area contributed by atoms with Gasteiger partial charge in [-0.25, -0.2) is 0 Å². The summed E-state index contributed by atoms with van der Waals surface area (Å²) in [6.07, 6.45) is 3.66. The molecule has 2 aliphatic heterocycles. The smallest absolute Gasteiger partial charge is 0.270 e. The molecular formula is C29H35N3O2S. The predicted molar refractivity (Wildman–Crippen MR) is 148 cm³/mol. The van der Waals surface area contributed by atoms with Crippen LogP contribution >= 0.6 is 12.2 Å². The summed E-state index contributed by atoms with van der Waals surface area (Å²) in [6, 6.07) is 12.4. The van der Waals surface area contributed by atoms with E-state index in [0.717, 1.165) is 24.0 Å². The number of hydrogen-bond acceptors (Lipinski definition) is 4. The minimum Gasteiger partial charge on any atom is -0.364 e. The number of carbonyl (C=O) groups is 2. The normalized spacial score (nSPS) is 21.0. The first-order valence-corrected chi connectivity index (χ1v) is 12.8. The third-order valence-electron chi connectivity index (χ3n) is 7.18. The maximum atomic E-state index is 13.5. The van der Waals surface area contributed by atoms with Crippen molar-refractivity contribution >= 4 is 46.6 Å². The number of benzene rings is 2. The molecule has 2 aromatic carbocycles. The number of carbonyl (C=O) groups excluding carboxylic acids is 2. The van der Waals surface area contributed by atoms with Crippen LogP contribution in [0.2, 0.25) is 0 Å². The Kier molecular flexibility index (Phi) is 6.62. The Bertz CT molecular complexity index is 1230. The molecule has 1 fully saturated rings.